The van der Waals surface area contributed by atoms with Gasteiger partial charge in [0.1, 0.15) is 5.60 Å². The second kappa shape index (κ2) is 5.62. The first kappa shape index (κ1) is 15.5. The van der Waals surface area contributed by atoms with Gasteiger partial charge in [0.05, 0.1) is 0 Å². The summed E-state index contributed by atoms with van der Waals surface area (Å²) in [7, 11) is 0. The average Bonchev–Trinajstić information content (AvgIpc) is 2.17. The van der Waals surface area contributed by atoms with Crippen LogP contribution in [-0.4, -0.2) is 46.9 Å². The molecule has 110 valence electrons. The highest BCUT2D eigenvalue weighted by Gasteiger charge is 2.36. The Labute approximate surface area is 111 Å². The Hall–Kier alpha value is -1.54. The molecule has 0 aliphatic carbocycles. The van der Waals surface area contributed by atoms with Gasteiger partial charge in [-0.15, -0.1) is 5.06 Å². The molecule has 0 radical (unpaired) electrons. The molecule has 0 saturated carbocycles. The van der Waals surface area contributed by atoms with Gasteiger partial charge in [-0.05, 0) is 20.8 Å². The average molecular weight is 276 g/mol. The molecule has 0 aromatic heterocycles. The van der Waals surface area contributed by atoms with Crippen molar-refractivity contribution in [2.75, 3.05) is 13.1 Å². The van der Waals surface area contributed by atoms with E-state index in [4.69, 9.17) is 20.4 Å². The van der Waals surface area contributed by atoms with Gasteiger partial charge < -0.3 is 19.4 Å². The lowest BCUT2D eigenvalue weighted by molar-refractivity contribution is -0.176. The Morgan fingerprint density at radius 2 is 1.79 bits per heavy atom. The van der Waals surface area contributed by atoms with Gasteiger partial charge >= 0.3 is 12.3 Å². The lowest BCUT2D eigenvalue weighted by Gasteiger charge is -2.36. The summed E-state index contributed by atoms with van der Waals surface area (Å²) in [4.78, 5) is 26.9. The van der Waals surface area contributed by atoms with E-state index in [1.807, 2.05) is 0 Å². The molecule has 0 amide bonds. The fraction of sp³-hybridized carbons (Fsp3) is 0.818. The summed E-state index contributed by atoms with van der Waals surface area (Å²) in [6.07, 6.45) is -1.73. The summed E-state index contributed by atoms with van der Waals surface area (Å²) in [6, 6.07) is 0. The number of carbonyl (C=O) groups is 2. The van der Waals surface area contributed by atoms with Gasteiger partial charge in [0, 0.05) is 25.9 Å². The number of nitrogens with zero attached hydrogens (tertiary/aromatic N) is 1. The number of carboxylic acid groups (broad SMARTS) is 1. The lowest BCUT2D eigenvalue weighted by atomic mass is 10.0. The van der Waals surface area contributed by atoms with Gasteiger partial charge in [0.25, 0.3) is 0 Å². The summed E-state index contributed by atoms with van der Waals surface area (Å²) in [5.74, 6) is 0. The maximum Gasteiger partial charge on any atom is 0.528 e. The molecular formula is C11H20N2O6. The van der Waals surface area contributed by atoms with Gasteiger partial charge in [0.2, 0.25) is 0 Å². The quantitative estimate of drug-likeness (QED) is 0.573. The van der Waals surface area contributed by atoms with Gasteiger partial charge in [-0.2, -0.15) is 0 Å². The van der Waals surface area contributed by atoms with E-state index in [1.54, 1.807) is 20.8 Å². The van der Waals surface area contributed by atoms with Crippen molar-refractivity contribution < 1.29 is 29.0 Å². The molecule has 8 heteroatoms. The highest BCUT2D eigenvalue weighted by atomic mass is 16.8. The van der Waals surface area contributed by atoms with E-state index in [1.165, 1.54) is 5.06 Å². The normalized spacial score (nSPS) is 19.6. The monoisotopic (exact) mass is 276 g/mol. The molecule has 3 N–H and O–H groups in total. The molecule has 1 aliphatic heterocycles. The highest BCUT2D eigenvalue weighted by molar-refractivity contribution is 5.60. The fourth-order valence-corrected chi connectivity index (χ4v) is 1.61. The maximum atomic E-state index is 11.4. The highest BCUT2D eigenvalue weighted by Crippen LogP contribution is 2.22. The smallest absolute Gasteiger partial charge is 0.450 e. The van der Waals surface area contributed by atoms with Crippen LogP contribution in [0.15, 0.2) is 0 Å². The van der Waals surface area contributed by atoms with Gasteiger partial charge in [0.15, 0.2) is 5.72 Å². The zero-order valence-corrected chi connectivity index (χ0v) is 11.3. The van der Waals surface area contributed by atoms with Crippen LogP contribution in [0.2, 0.25) is 0 Å². The number of hydrogen-bond donors (Lipinski definition) is 2. The van der Waals surface area contributed by atoms with Gasteiger partial charge in [-0.1, -0.05) is 0 Å². The minimum absolute atomic E-state index is 0.238. The largest absolute Gasteiger partial charge is 0.528 e. The second-order valence-electron chi connectivity index (χ2n) is 5.42. The molecule has 0 aromatic rings. The van der Waals surface area contributed by atoms with Crippen LogP contribution in [0.5, 0.6) is 0 Å². The number of carbonyl (C=O) groups excluding carboxylic acids is 1. The van der Waals surface area contributed by atoms with Crippen molar-refractivity contribution in [1.82, 2.24) is 5.06 Å². The number of nitrogens with two attached hydrogens (primary N) is 1. The molecule has 1 saturated heterocycles. The van der Waals surface area contributed by atoms with Crippen LogP contribution in [0.25, 0.3) is 0 Å². The predicted molar refractivity (Wildman–Crippen MR) is 64.2 cm³/mol. The number of ether oxygens (including phenoxy) is 2. The van der Waals surface area contributed by atoms with Crippen LogP contribution in [0.1, 0.15) is 33.6 Å². The van der Waals surface area contributed by atoms with E-state index in [-0.39, 0.29) is 25.9 Å². The van der Waals surface area contributed by atoms with Crippen molar-refractivity contribution in [2.24, 2.45) is 5.73 Å². The fourth-order valence-electron chi connectivity index (χ4n) is 1.61. The van der Waals surface area contributed by atoms with Gasteiger partial charge in [-0.25, -0.2) is 9.59 Å². The van der Waals surface area contributed by atoms with E-state index < -0.39 is 23.6 Å². The van der Waals surface area contributed by atoms with Crippen LogP contribution < -0.4 is 5.73 Å². The molecule has 1 fully saturated rings. The summed E-state index contributed by atoms with van der Waals surface area (Å²) < 4.78 is 9.61. The van der Waals surface area contributed by atoms with Gasteiger partial charge in [-0.3, -0.25) is 5.73 Å². The Bertz CT molecular complexity index is 344. The van der Waals surface area contributed by atoms with E-state index >= 15 is 0 Å². The topological polar surface area (TPSA) is 111 Å². The van der Waals surface area contributed by atoms with Crippen molar-refractivity contribution in [1.29, 1.82) is 0 Å². The number of hydrogen-bond acceptors (Lipinski definition) is 7. The number of hydroxylamine groups is 2. The third kappa shape index (κ3) is 5.75. The zero-order valence-electron chi connectivity index (χ0n) is 11.3. The summed E-state index contributed by atoms with van der Waals surface area (Å²) >= 11 is 0. The Kier molecular flexibility index (Phi) is 4.59. The van der Waals surface area contributed by atoms with Crippen LogP contribution in [-0.2, 0) is 14.3 Å². The van der Waals surface area contributed by atoms with E-state index in [0.717, 1.165) is 0 Å². The maximum absolute atomic E-state index is 11.4. The molecule has 8 nitrogen and oxygen atoms in total. The summed E-state index contributed by atoms with van der Waals surface area (Å²) in [5.41, 5.74) is 3.90. The van der Waals surface area contributed by atoms with Crippen molar-refractivity contribution in [2.45, 2.75) is 44.9 Å². The number of rotatable bonds is 2. The standard InChI is InChI=1S/C11H20N2O6/c1-10(2,3)18-9(16)19-13-6-4-11(12,5-7-13)17-8(14)15/h4-7,12H2,1-3H3,(H,14,15). The first-order chi connectivity index (χ1) is 8.60. The van der Waals surface area contributed by atoms with Crippen LogP contribution in [0.4, 0.5) is 9.59 Å². The first-order valence-corrected chi connectivity index (χ1v) is 5.96. The number of piperidine rings is 1. The third-order valence-corrected chi connectivity index (χ3v) is 2.45. The SMILES string of the molecule is CC(C)(C)OC(=O)ON1CCC(N)(OC(=O)O)CC1. The molecule has 0 unspecified atom stereocenters. The minimum Gasteiger partial charge on any atom is -0.450 e. The first-order valence-electron chi connectivity index (χ1n) is 5.96. The molecule has 19 heavy (non-hydrogen) atoms. The Morgan fingerprint density at radius 3 is 2.21 bits per heavy atom. The predicted octanol–water partition coefficient (Wildman–Crippen LogP) is 1.30. The van der Waals surface area contributed by atoms with Crippen molar-refractivity contribution in [3.05, 3.63) is 0 Å². The van der Waals surface area contributed by atoms with E-state index in [0.29, 0.717) is 0 Å². The summed E-state index contributed by atoms with van der Waals surface area (Å²) in [6.45, 7) is 5.76. The van der Waals surface area contributed by atoms with Crippen molar-refractivity contribution in [3.63, 3.8) is 0 Å². The van der Waals surface area contributed by atoms with Crippen LogP contribution >= 0.6 is 0 Å². The molecule has 0 aromatic carbocycles. The van der Waals surface area contributed by atoms with Crippen molar-refractivity contribution >= 4 is 12.3 Å². The Balaban J connectivity index is 2.38. The molecule has 0 atom stereocenters. The van der Waals surface area contributed by atoms with E-state index in [9.17, 15) is 9.59 Å². The molecule has 0 bridgehead atoms. The van der Waals surface area contributed by atoms with Crippen LogP contribution in [0.3, 0.4) is 0 Å². The van der Waals surface area contributed by atoms with E-state index in [2.05, 4.69) is 4.74 Å². The molecule has 1 aliphatic rings. The van der Waals surface area contributed by atoms with Crippen LogP contribution in [0, 0.1) is 0 Å². The zero-order chi connectivity index (χ0) is 14.7. The second-order valence-corrected chi connectivity index (χ2v) is 5.42. The van der Waals surface area contributed by atoms with Crippen molar-refractivity contribution in [3.8, 4) is 0 Å². The Morgan fingerprint density at radius 1 is 1.26 bits per heavy atom. The molecule has 1 rings (SSSR count). The lowest BCUT2D eigenvalue weighted by Crippen LogP contribution is -2.53. The molecular weight excluding hydrogens is 256 g/mol. The third-order valence-electron chi connectivity index (χ3n) is 2.45. The molecule has 0 spiro atoms. The molecule has 1 heterocycles. The summed E-state index contributed by atoms with van der Waals surface area (Å²) in [5, 5.41) is 9.93. The minimum atomic E-state index is -1.41.